The van der Waals surface area contributed by atoms with Gasteiger partial charge in [-0.05, 0) is 0 Å². The molecular weight excluding hydrogens is 237 g/mol. The van der Waals surface area contributed by atoms with Crippen LogP contribution in [0.3, 0.4) is 0 Å². The fraction of sp³-hybridized carbons (Fsp3) is 0.500. The second kappa shape index (κ2) is 3.48. The zero-order valence-corrected chi connectivity index (χ0v) is 9.24. The van der Waals surface area contributed by atoms with Crippen molar-refractivity contribution in [1.29, 1.82) is 0 Å². The molecule has 0 spiro atoms. The molecule has 1 heterocycles. The van der Waals surface area contributed by atoms with Gasteiger partial charge in [0.2, 0.25) is 0 Å². The molecule has 0 unspecified atom stereocenters. The predicted molar refractivity (Wildman–Crippen MR) is 48.6 cm³/mol. The molecule has 0 atom stereocenters. The van der Waals surface area contributed by atoms with Crippen molar-refractivity contribution in [3.05, 3.63) is 10.7 Å². The van der Waals surface area contributed by atoms with Gasteiger partial charge in [0.15, 0.2) is 0 Å². The zero-order valence-electron chi connectivity index (χ0n) is 6.91. The molecule has 0 aliphatic carbocycles. The van der Waals surface area contributed by atoms with Gasteiger partial charge in [0.25, 0.3) is 14.1 Å². The summed E-state index contributed by atoms with van der Waals surface area (Å²) in [4.78, 5) is 0. The summed E-state index contributed by atoms with van der Waals surface area (Å²) in [5.41, 5.74) is 0.390. The fourth-order valence-electron chi connectivity index (χ4n) is 0.786. The van der Waals surface area contributed by atoms with E-state index >= 15 is 0 Å². The first-order chi connectivity index (χ1) is 5.84. The molecule has 1 aromatic rings. The van der Waals surface area contributed by atoms with Crippen LogP contribution >= 0.6 is 22.3 Å². The Morgan fingerprint density at radius 1 is 1.46 bits per heavy atom. The summed E-state index contributed by atoms with van der Waals surface area (Å²) in [5, 5.41) is 2.99. The number of hydrogen-bond donors (Lipinski definition) is 0. The number of aromatic nitrogens is 1. The fourth-order valence-corrected chi connectivity index (χ4v) is 2.26. The van der Waals surface area contributed by atoms with Gasteiger partial charge in [-0.1, -0.05) is 30.6 Å². The number of hydrogen-bond acceptors (Lipinski definition) is 4. The van der Waals surface area contributed by atoms with Crippen molar-refractivity contribution >= 4 is 31.3 Å². The second-order valence-electron chi connectivity index (χ2n) is 2.76. The highest BCUT2D eigenvalue weighted by Crippen LogP contribution is 2.31. The minimum Gasteiger partial charge on any atom is -0.341 e. The van der Waals surface area contributed by atoms with Gasteiger partial charge in [-0.2, -0.15) is 0 Å². The van der Waals surface area contributed by atoms with Gasteiger partial charge in [0.1, 0.15) is 10.7 Å². The highest BCUT2D eigenvalue weighted by atomic mass is 35.7. The minimum absolute atomic E-state index is 0.0107. The molecule has 7 heteroatoms. The van der Waals surface area contributed by atoms with Gasteiger partial charge in [-0.15, -0.1) is 0 Å². The first-order valence-electron chi connectivity index (χ1n) is 3.43. The average Bonchev–Trinajstić information content (AvgIpc) is 2.28. The number of nitrogens with zero attached hydrogens (tertiary/aromatic N) is 1. The third kappa shape index (κ3) is 2.15. The van der Waals surface area contributed by atoms with Crippen LogP contribution in [-0.4, -0.2) is 13.6 Å². The first kappa shape index (κ1) is 10.8. The summed E-state index contributed by atoms with van der Waals surface area (Å²) in [6.45, 7) is 3.63. The monoisotopic (exact) mass is 243 g/mol. The number of rotatable bonds is 2. The summed E-state index contributed by atoms with van der Waals surface area (Å²) in [5.74, 6) is -0.0107. The summed E-state index contributed by atoms with van der Waals surface area (Å²) in [6, 6.07) is 0. The molecule has 4 nitrogen and oxygen atoms in total. The standard InChI is InChI=1S/C6H7Cl2NO3S/c1-3(2)5-4(7)6(12-9-5)13(8,10)11/h3H,1-2H3. The van der Waals surface area contributed by atoms with Crippen LogP contribution in [-0.2, 0) is 9.05 Å². The van der Waals surface area contributed by atoms with Crippen molar-refractivity contribution in [3.63, 3.8) is 0 Å². The smallest absolute Gasteiger partial charge is 0.298 e. The quantitative estimate of drug-likeness (QED) is 0.749. The Morgan fingerprint density at radius 2 is 2.00 bits per heavy atom. The van der Waals surface area contributed by atoms with Crippen LogP contribution in [0.2, 0.25) is 5.02 Å². The SMILES string of the molecule is CC(C)c1noc(S(=O)(=O)Cl)c1Cl. The van der Waals surface area contributed by atoms with E-state index < -0.39 is 14.1 Å². The van der Waals surface area contributed by atoms with Crippen molar-refractivity contribution in [1.82, 2.24) is 5.16 Å². The highest BCUT2D eigenvalue weighted by molar-refractivity contribution is 8.13. The van der Waals surface area contributed by atoms with E-state index in [1.54, 1.807) is 0 Å². The molecule has 74 valence electrons. The van der Waals surface area contributed by atoms with Crippen LogP contribution < -0.4 is 0 Å². The zero-order chi connectivity index (χ0) is 10.2. The molecule has 0 radical (unpaired) electrons. The van der Waals surface area contributed by atoms with Crippen LogP contribution in [0.15, 0.2) is 9.62 Å². The van der Waals surface area contributed by atoms with Gasteiger partial charge >= 0.3 is 0 Å². The number of halogens is 2. The summed E-state index contributed by atoms with van der Waals surface area (Å²) in [6.07, 6.45) is 0. The van der Waals surface area contributed by atoms with E-state index in [0.717, 1.165) is 0 Å². The molecule has 1 aromatic heterocycles. The molecular formula is C6H7Cl2NO3S. The molecule has 1 rings (SSSR count). The van der Waals surface area contributed by atoms with Crippen molar-refractivity contribution < 1.29 is 12.9 Å². The second-order valence-corrected chi connectivity index (χ2v) is 5.61. The Morgan fingerprint density at radius 3 is 2.23 bits per heavy atom. The van der Waals surface area contributed by atoms with E-state index in [1.165, 1.54) is 0 Å². The van der Waals surface area contributed by atoms with Crippen molar-refractivity contribution in [2.24, 2.45) is 0 Å². The highest BCUT2D eigenvalue weighted by Gasteiger charge is 2.25. The molecule has 0 aromatic carbocycles. The summed E-state index contributed by atoms with van der Waals surface area (Å²) in [7, 11) is 1.10. The maximum Gasteiger partial charge on any atom is 0.298 e. The van der Waals surface area contributed by atoms with Gasteiger partial charge in [-0.25, -0.2) is 8.42 Å². The molecule has 0 saturated heterocycles. The van der Waals surface area contributed by atoms with Crippen molar-refractivity contribution in [2.75, 3.05) is 0 Å². The lowest BCUT2D eigenvalue weighted by molar-refractivity contribution is 0.335. The Kier molecular flexibility index (Phi) is 2.89. The summed E-state index contributed by atoms with van der Waals surface area (Å²) < 4.78 is 26.2. The Bertz CT molecular complexity index is 410. The maximum atomic E-state index is 10.8. The van der Waals surface area contributed by atoms with Gasteiger partial charge in [0, 0.05) is 16.6 Å². The minimum atomic E-state index is -3.94. The summed E-state index contributed by atoms with van der Waals surface area (Å²) >= 11 is 5.68. The lowest BCUT2D eigenvalue weighted by Gasteiger charge is -1.96. The lowest BCUT2D eigenvalue weighted by atomic mass is 10.1. The van der Waals surface area contributed by atoms with E-state index in [9.17, 15) is 8.42 Å². The molecule has 0 aliphatic rings. The predicted octanol–water partition coefficient (Wildman–Crippen LogP) is 2.38. The van der Waals surface area contributed by atoms with Gasteiger partial charge in [0.05, 0.1) is 0 Å². The van der Waals surface area contributed by atoms with Crippen molar-refractivity contribution in [3.8, 4) is 0 Å². The molecule has 0 bridgehead atoms. The van der Waals surface area contributed by atoms with Crippen LogP contribution in [0.1, 0.15) is 25.5 Å². The molecule has 0 amide bonds. The molecule has 0 saturated carbocycles. The van der Waals surface area contributed by atoms with Crippen LogP contribution in [0, 0.1) is 0 Å². The van der Waals surface area contributed by atoms with Gasteiger partial charge < -0.3 is 4.52 Å². The molecule has 13 heavy (non-hydrogen) atoms. The lowest BCUT2D eigenvalue weighted by Crippen LogP contribution is -1.90. The van der Waals surface area contributed by atoms with Crippen LogP contribution in [0.4, 0.5) is 0 Å². The third-order valence-electron chi connectivity index (χ3n) is 1.40. The maximum absolute atomic E-state index is 10.8. The van der Waals surface area contributed by atoms with E-state index in [2.05, 4.69) is 9.68 Å². The molecule has 0 fully saturated rings. The average molecular weight is 244 g/mol. The normalized spacial score (nSPS) is 12.4. The third-order valence-corrected chi connectivity index (χ3v) is 3.02. The van der Waals surface area contributed by atoms with Gasteiger partial charge in [-0.3, -0.25) is 0 Å². The largest absolute Gasteiger partial charge is 0.341 e. The Hall–Kier alpha value is -0.260. The molecule has 0 N–H and O–H groups in total. The van der Waals surface area contributed by atoms with E-state index in [0.29, 0.717) is 5.69 Å². The molecule has 0 aliphatic heterocycles. The van der Waals surface area contributed by atoms with E-state index in [-0.39, 0.29) is 10.9 Å². The van der Waals surface area contributed by atoms with E-state index in [1.807, 2.05) is 13.8 Å². The first-order valence-corrected chi connectivity index (χ1v) is 6.12. The van der Waals surface area contributed by atoms with Crippen molar-refractivity contribution in [2.45, 2.75) is 24.9 Å². The van der Waals surface area contributed by atoms with E-state index in [4.69, 9.17) is 22.3 Å². The van der Waals surface area contributed by atoms with Crippen LogP contribution in [0.25, 0.3) is 0 Å². The Balaban J connectivity index is 3.30. The van der Waals surface area contributed by atoms with Crippen LogP contribution in [0.5, 0.6) is 0 Å². The Labute approximate surface area is 85.2 Å². The topological polar surface area (TPSA) is 60.2 Å².